The third kappa shape index (κ3) is 2.62. The Balaban J connectivity index is 2.01. The van der Waals surface area contributed by atoms with Crippen molar-refractivity contribution in [1.82, 2.24) is 9.78 Å². The fourth-order valence-electron chi connectivity index (χ4n) is 3.10. The zero-order valence-electron chi connectivity index (χ0n) is 12.1. The first-order valence-corrected chi connectivity index (χ1v) is 9.29. The van der Waals surface area contributed by atoms with Gasteiger partial charge in [-0.1, -0.05) is 0 Å². The van der Waals surface area contributed by atoms with Crippen LogP contribution in [-0.4, -0.2) is 41.7 Å². The number of aromatic nitrogens is 2. The van der Waals surface area contributed by atoms with Gasteiger partial charge in [0, 0.05) is 12.3 Å². The van der Waals surface area contributed by atoms with E-state index in [1.165, 1.54) is 4.68 Å². The molecule has 2 unspecified atom stereocenters. The van der Waals surface area contributed by atoms with E-state index in [1.54, 1.807) is 0 Å². The first kappa shape index (κ1) is 14.6. The molecule has 21 heavy (non-hydrogen) atoms. The Morgan fingerprint density at radius 1 is 1.29 bits per heavy atom. The van der Waals surface area contributed by atoms with E-state index in [2.05, 4.69) is 10.4 Å². The van der Waals surface area contributed by atoms with Crippen LogP contribution in [-0.2, 0) is 9.84 Å². The van der Waals surface area contributed by atoms with Gasteiger partial charge in [-0.25, -0.2) is 13.1 Å². The predicted octanol–water partition coefficient (Wildman–Crippen LogP) is 0.919. The van der Waals surface area contributed by atoms with Crippen LogP contribution in [0.4, 0.5) is 11.6 Å². The summed E-state index contributed by atoms with van der Waals surface area (Å²) in [5.74, 6) is 0.462. The molecule has 2 atom stereocenters. The molecule has 118 valence electrons. The molecule has 0 spiro atoms. The molecule has 2 aliphatic rings. The van der Waals surface area contributed by atoms with Crippen LogP contribution in [0.2, 0.25) is 0 Å². The molecule has 4 N–H and O–H groups in total. The molecular weight excluding hydrogens is 292 g/mol. The molecule has 0 amide bonds. The lowest BCUT2D eigenvalue weighted by molar-refractivity contribution is 0.131. The number of hydrogen-bond acceptors (Lipinski definition) is 6. The Hall–Kier alpha value is -1.28. The van der Waals surface area contributed by atoms with Gasteiger partial charge in [0.2, 0.25) is 0 Å². The molecule has 1 aromatic rings. The minimum atomic E-state index is -3.47. The zero-order chi connectivity index (χ0) is 15.2. The quantitative estimate of drug-likeness (QED) is 0.762. The molecule has 1 aromatic heterocycles. The highest BCUT2D eigenvalue weighted by Crippen LogP contribution is 2.37. The Morgan fingerprint density at radius 2 is 1.95 bits per heavy atom. The fourth-order valence-corrected chi connectivity index (χ4v) is 4.02. The van der Waals surface area contributed by atoms with Crippen molar-refractivity contribution in [3.05, 3.63) is 0 Å². The normalized spacial score (nSPS) is 26.8. The fraction of sp³-hybridized carbons (Fsp3) is 0.769. The van der Waals surface area contributed by atoms with E-state index >= 15 is 0 Å². The molecule has 2 fully saturated rings. The number of rotatable bonds is 4. The number of sulfone groups is 1. The van der Waals surface area contributed by atoms with Crippen molar-refractivity contribution < 1.29 is 13.5 Å². The average molecular weight is 314 g/mol. The van der Waals surface area contributed by atoms with Crippen molar-refractivity contribution >= 4 is 21.5 Å². The maximum absolute atomic E-state index is 12.0. The van der Waals surface area contributed by atoms with E-state index < -0.39 is 15.9 Å². The standard InChI is InChI=1S/C13H22N4O3S/c1-21(19,20)11-12(14)17(9-6-3-7-10(9)18)16-13(11)15-8-4-2-5-8/h8-10,18H,2-7,14H2,1H3,(H,15,16). The second kappa shape index (κ2) is 5.17. The van der Waals surface area contributed by atoms with Crippen LogP contribution in [0.3, 0.4) is 0 Å². The molecule has 0 radical (unpaired) electrons. The number of nitrogen functional groups attached to an aromatic ring is 1. The van der Waals surface area contributed by atoms with Crippen LogP contribution >= 0.6 is 0 Å². The summed E-state index contributed by atoms with van der Waals surface area (Å²) in [4.78, 5) is 0.0634. The van der Waals surface area contributed by atoms with Gasteiger partial charge in [0.15, 0.2) is 20.6 Å². The van der Waals surface area contributed by atoms with Crippen LogP contribution in [0.25, 0.3) is 0 Å². The summed E-state index contributed by atoms with van der Waals surface area (Å²) in [6.07, 6.45) is 6.15. The van der Waals surface area contributed by atoms with Crippen molar-refractivity contribution in [2.24, 2.45) is 0 Å². The molecule has 0 bridgehead atoms. The minimum absolute atomic E-state index is 0.0634. The van der Waals surface area contributed by atoms with Gasteiger partial charge in [-0.05, 0) is 38.5 Å². The van der Waals surface area contributed by atoms with Crippen molar-refractivity contribution in [3.63, 3.8) is 0 Å². The topological polar surface area (TPSA) is 110 Å². The summed E-state index contributed by atoms with van der Waals surface area (Å²) < 4.78 is 25.6. The van der Waals surface area contributed by atoms with Gasteiger partial charge < -0.3 is 16.2 Å². The average Bonchev–Trinajstić information content (AvgIpc) is 2.86. The number of nitrogens with one attached hydrogen (secondary N) is 1. The zero-order valence-corrected chi connectivity index (χ0v) is 12.9. The molecule has 3 rings (SSSR count). The van der Waals surface area contributed by atoms with Gasteiger partial charge in [-0.3, -0.25) is 0 Å². The van der Waals surface area contributed by atoms with E-state index in [9.17, 15) is 13.5 Å². The molecule has 1 heterocycles. The first-order valence-electron chi connectivity index (χ1n) is 7.40. The van der Waals surface area contributed by atoms with Crippen molar-refractivity contribution in [3.8, 4) is 0 Å². The highest BCUT2D eigenvalue weighted by Gasteiger charge is 2.34. The van der Waals surface area contributed by atoms with Gasteiger partial charge in [-0.2, -0.15) is 5.10 Å². The van der Waals surface area contributed by atoms with Gasteiger partial charge >= 0.3 is 0 Å². The summed E-state index contributed by atoms with van der Waals surface area (Å²) >= 11 is 0. The van der Waals surface area contributed by atoms with Gasteiger partial charge in [0.1, 0.15) is 5.82 Å². The number of hydrogen-bond donors (Lipinski definition) is 3. The van der Waals surface area contributed by atoms with E-state index in [4.69, 9.17) is 5.73 Å². The SMILES string of the molecule is CS(=O)(=O)c1c(NC2CCC2)nn(C2CCCC2O)c1N. The minimum Gasteiger partial charge on any atom is -0.391 e. The lowest BCUT2D eigenvalue weighted by atomic mass is 9.93. The Kier molecular flexibility index (Phi) is 3.61. The molecule has 8 heteroatoms. The molecule has 2 aliphatic carbocycles. The van der Waals surface area contributed by atoms with E-state index in [0.29, 0.717) is 12.2 Å². The van der Waals surface area contributed by atoms with Crippen molar-refractivity contribution in [1.29, 1.82) is 0 Å². The molecule has 0 aromatic carbocycles. The third-order valence-corrected chi connectivity index (χ3v) is 5.62. The van der Waals surface area contributed by atoms with Crippen molar-refractivity contribution in [2.75, 3.05) is 17.3 Å². The number of nitrogens with two attached hydrogens (primary N) is 1. The van der Waals surface area contributed by atoms with Gasteiger partial charge in [-0.15, -0.1) is 0 Å². The molecule has 0 saturated heterocycles. The Labute approximate surface area is 124 Å². The summed E-state index contributed by atoms with van der Waals surface area (Å²) in [6.45, 7) is 0. The van der Waals surface area contributed by atoms with Gasteiger partial charge in [0.25, 0.3) is 0 Å². The van der Waals surface area contributed by atoms with Crippen LogP contribution in [0.5, 0.6) is 0 Å². The summed E-state index contributed by atoms with van der Waals surface area (Å²) in [6, 6.07) is 0.0317. The van der Waals surface area contributed by atoms with E-state index in [1.807, 2.05) is 0 Å². The monoisotopic (exact) mass is 314 g/mol. The number of aliphatic hydroxyl groups is 1. The van der Waals surface area contributed by atoms with Crippen LogP contribution in [0, 0.1) is 0 Å². The number of anilines is 2. The highest BCUT2D eigenvalue weighted by molar-refractivity contribution is 7.91. The second-order valence-corrected chi connectivity index (χ2v) is 8.07. The summed E-state index contributed by atoms with van der Waals surface area (Å²) in [5.41, 5.74) is 6.04. The Morgan fingerprint density at radius 3 is 2.43 bits per heavy atom. The second-order valence-electron chi connectivity index (χ2n) is 6.12. The Bertz CT molecular complexity index is 636. The molecule has 0 aliphatic heterocycles. The molecular formula is C13H22N4O3S. The van der Waals surface area contributed by atoms with Crippen LogP contribution in [0.15, 0.2) is 4.90 Å². The van der Waals surface area contributed by atoms with E-state index in [-0.39, 0.29) is 22.8 Å². The largest absolute Gasteiger partial charge is 0.391 e. The lowest BCUT2D eigenvalue weighted by Crippen LogP contribution is -2.28. The molecule has 2 saturated carbocycles. The summed E-state index contributed by atoms with van der Waals surface area (Å²) in [7, 11) is -3.47. The molecule has 7 nitrogen and oxygen atoms in total. The number of aliphatic hydroxyl groups excluding tert-OH is 1. The predicted molar refractivity (Wildman–Crippen MR) is 79.9 cm³/mol. The van der Waals surface area contributed by atoms with Crippen LogP contribution in [0.1, 0.15) is 44.6 Å². The van der Waals surface area contributed by atoms with Gasteiger partial charge in [0.05, 0.1) is 12.1 Å². The van der Waals surface area contributed by atoms with Crippen LogP contribution < -0.4 is 11.1 Å². The maximum atomic E-state index is 12.0. The third-order valence-electron chi connectivity index (χ3n) is 4.48. The lowest BCUT2D eigenvalue weighted by Gasteiger charge is -2.26. The van der Waals surface area contributed by atoms with E-state index in [0.717, 1.165) is 38.4 Å². The number of nitrogens with zero attached hydrogens (tertiary/aromatic N) is 2. The summed E-state index contributed by atoms with van der Waals surface area (Å²) in [5, 5.41) is 17.6. The van der Waals surface area contributed by atoms with Crippen molar-refractivity contribution in [2.45, 2.75) is 61.6 Å². The highest BCUT2D eigenvalue weighted by atomic mass is 32.2. The maximum Gasteiger partial charge on any atom is 0.182 e. The first-order chi connectivity index (χ1) is 9.88. The smallest absolute Gasteiger partial charge is 0.182 e.